The molecule has 1 aromatic heterocycles. The Kier molecular flexibility index (Phi) is 4.54. The first-order chi connectivity index (χ1) is 13.7. The van der Waals surface area contributed by atoms with Gasteiger partial charge in [-0.25, -0.2) is 4.39 Å². The molecule has 0 amide bonds. The molecule has 2 saturated carbocycles. The topological polar surface area (TPSA) is 61.4 Å². The molecule has 1 saturated heterocycles. The molecule has 3 atom stereocenters. The molecular formula is C22H29FN4O. The Morgan fingerprint density at radius 2 is 2.29 bits per heavy atom. The lowest BCUT2D eigenvalue weighted by molar-refractivity contribution is -0.171. The molecule has 1 aromatic carbocycles. The first-order valence-electron chi connectivity index (χ1n) is 10.6. The molecule has 3 fully saturated rings. The van der Waals surface area contributed by atoms with Gasteiger partial charge in [0.15, 0.2) is 5.96 Å². The highest BCUT2D eigenvalue weighted by Crippen LogP contribution is 2.62. The van der Waals surface area contributed by atoms with E-state index in [-0.39, 0.29) is 5.82 Å². The Bertz CT molecular complexity index is 888. The maximum absolute atomic E-state index is 13.4. The van der Waals surface area contributed by atoms with Crippen LogP contribution in [-0.4, -0.2) is 42.8 Å². The number of aromatic nitrogens is 1. The molecule has 6 heteroatoms. The predicted octanol–water partition coefficient (Wildman–Crippen LogP) is 3.36. The second-order valence-electron chi connectivity index (χ2n) is 8.47. The van der Waals surface area contributed by atoms with Gasteiger partial charge < -0.3 is 20.4 Å². The fraction of sp³-hybridized carbons (Fsp3) is 0.591. The summed E-state index contributed by atoms with van der Waals surface area (Å²) in [5.41, 5.74) is 2.37. The van der Waals surface area contributed by atoms with Crippen molar-refractivity contribution in [2.45, 2.75) is 51.2 Å². The van der Waals surface area contributed by atoms with Crippen molar-refractivity contribution in [1.29, 1.82) is 0 Å². The predicted molar refractivity (Wildman–Crippen MR) is 109 cm³/mol. The van der Waals surface area contributed by atoms with Gasteiger partial charge in [-0.1, -0.05) is 6.42 Å². The number of nitrogens with one attached hydrogen (secondary N) is 3. The van der Waals surface area contributed by atoms with Crippen LogP contribution in [-0.2, 0) is 11.2 Å². The monoisotopic (exact) mass is 384 g/mol. The van der Waals surface area contributed by atoms with E-state index in [0.717, 1.165) is 42.9 Å². The SMILES string of the molecule is CCNC(=NCCc1c[nH]c2cc(F)ccc12)NC1C2CCOC2C12CCC2. The van der Waals surface area contributed by atoms with Gasteiger partial charge >= 0.3 is 0 Å². The van der Waals surface area contributed by atoms with Crippen molar-refractivity contribution >= 4 is 16.9 Å². The van der Waals surface area contributed by atoms with E-state index in [9.17, 15) is 4.39 Å². The van der Waals surface area contributed by atoms with Crippen LogP contribution in [0.1, 0.15) is 38.2 Å². The smallest absolute Gasteiger partial charge is 0.191 e. The Hall–Kier alpha value is -2.08. The molecule has 150 valence electrons. The molecule has 5 nitrogen and oxygen atoms in total. The maximum Gasteiger partial charge on any atom is 0.191 e. The van der Waals surface area contributed by atoms with E-state index in [1.54, 1.807) is 6.07 Å². The molecule has 3 aliphatic rings. The normalized spacial score (nSPS) is 28.1. The maximum atomic E-state index is 13.4. The molecule has 1 aliphatic heterocycles. The number of nitrogens with zero attached hydrogens (tertiary/aromatic N) is 1. The molecular weight excluding hydrogens is 355 g/mol. The van der Waals surface area contributed by atoms with E-state index in [1.807, 2.05) is 12.3 Å². The first-order valence-corrected chi connectivity index (χ1v) is 10.6. The lowest BCUT2D eigenvalue weighted by atomic mass is 9.46. The van der Waals surface area contributed by atoms with Crippen molar-refractivity contribution in [3.05, 3.63) is 35.8 Å². The minimum absolute atomic E-state index is 0.211. The fourth-order valence-electron chi connectivity index (χ4n) is 5.58. The number of ether oxygens (including phenoxy) is 1. The van der Waals surface area contributed by atoms with Gasteiger partial charge in [0.2, 0.25) is 0 Å². The summed E-state index contributed by atoms with van der Waals surface area (Å²) >= 11 is 0. The van der Waals surface area contributed by atoms with Gasteiger partial charge in [0.25, 0.3) is 0 Å². The average molecular weight is 384 g/mol. The van der Waals surface area contributed by atoms with Crippen molar-refractivity contribution in [2.75, 3.05) is 19.7 Å². The standard InChI is InChI=1S/C22H29FN4O/c1-2-24-21(27-19-17-7-11-28-20(17)22(19)8-3-9-22)25-10-6-14-13-26-18-12-15(23)4-5-16(14)18/h4-5,12-13,17,19-20,26H,2-3,6-11H2,1H3,(H2,24,25,27). The van der Waals surface area contributed by atoms with Gasteiger partial charge in [0.05, 0.1) is 6.10 Å². The van der Waals surface area contributed by atoms with Crippen molar-refractivity contribution in [3.63, 3.8) is 0 Å². The summed E-state index contributed by atoms with van der Waals surface area (Å²) in [6, 6.07) is 5.40. The highest BCUT2D eigenvalue weighted by atomic mass is 19.1. The van der Waals surface area contributed by atoms with Crippen LogP contribution in [0, 0.1) is 17.2 Å². The van der Waals surface area contributed by atoms with E-state index in [0.29, 0.717) is 30.0 Å². The number of hydrogen-bond donors (Lipinski definition) is 3. The number of H-pyrrole nitrogens is 1. The van der Waals surface area contributed by atoms with Gasteiger partial charge in [-0.2, -0.15) is 0 Å². The van der Waals surface area contributed by atoms with Crippen molar-refractivity contribution in [1.82, 2.24) is 15.6 Å². The average Bonchev–Trinajstić information content (AvgIpc) is 3.23. The number of fused-ring (bicyclic) bond motifs is 3. The van der Waals surface area contributed by atoms with Crippen LogP contribution in [0.25, 0.3) is 10.9 Å². The second-order valence-corrected chi connectivity index (χ2v) is 8.47. The Labute approximate surface area is 165 Å². The molecule has 2 aromatic rings. The third-order valence-electron chi connectivity index (χ3n) is 7.05. The van der Waals surface area contributed by atoms with Crippen LogP contribution in [0.3, 0.4) is 0 Å². The van der Waals surface area contributed by atoms with Crippen LogP contribution in [0.15, 0.2) is 29.4 Å². The molecule has 0 radical (unpaired) electrons. The van der Waals surface area contributed by atoms with Crippen molar-refractivity contribution < 1.29 is 9.13 Å². The van der Waals surface area contributed by atoms with Crippen LogP contribution < -0.4 is 10.6 Å². The number of benzene rings is 1. The van der Waals surface area contributed by atoms with Crippen LogP contribution in [0.4, 0.5) is 4.39 Å². The Morgan fingerprint density at radius 1 is 1.39 bits per heavy atom. The minimum atomic E-state index is -0.211. The number of hydrogen-bond acceptors (Lipinski definition) is 2. The number of aliphatic imine (C=N–C) groups is 1. The quantitative estimate of drug-likeness (QED) is 0.547. The van der Waals surface area contributed by atoms with Crippen LogP contribution in [0.2, 0.25) is 0 Å². The van der Waals surface area contributed by atoms with Gasteiger partial charge in [-0.3, -0.25) is 4.99 Å². The van der Waals surface area contributed by atoms with Gasteiger partial charge in [0, 0.05) is 54.2 Å². The van der Waals surface area contributed by atoms with Crippen LogP contribution >= 0.6 is 0 Å². The minimum Gasteiger partial charge on any atom is -0.377 e. The summed E-state index contributed by atoms with van der Waals surface area (Å²) in [6.45, 7) is 4.56. The molecule has 5 rings (SSSR count). The number of rotatable bonds is 5. The number of aromatic amines is 1. The van der Waals surface area contributed by atoms with E-state index >= 15 is 0 Å². The summed E-state index contributed by atoms with van der Waals surface area (Å²) in [4.78, 5) is 8.00. The summed E-state index contributed by atoms with van der Waals surface area (Å²) < 4.78 is 19.4. The fourth-order valence-corrected chi connectivity index (χ4v) is 5.58. The van der Waals surface area contributed by atoms with Gasteiger partial charge in [-0.15, -0.1) is 0 Å². The van der Waals surface area contributed by atoms with E-state index in [1.165, 1.54) is 30.9 Å². The molecule has 2 heterocycles. The number of guanidine groups is 1. The highest BCUT2D eigenvalue weighted by Gasteiger charge is 2.66. The van der Waals surface area contributed by atoms with Gasteiger partial charge in [0.1, 0.15) is 5.82 Å². The molecule has 2 aliphatic carbocycles. The lowest BCUT2D eigenvalue weighted by Gasteiger charge is -2.63. The van der Waals surface area contributed by atoms with Crippen LogP contribution in [0.5, 0.6) is 0 Å². The first kappa shape index (κ1) is 18.0. The van der Waals surface area contributed by atoms with Crippen molar-refractivity contribution in [2.24, 2.45) is 16.3 Å². The molecule has 3 N–H and O–H groups in total. The summed E-state index contributed by atoms with van der Waals surface area (Å²) in [7, 11) is 0. The lowest BCUT2D eigenvalue weighted by Crippen LogP contribution is -2.72. The molecule has 1 spiro atoms. The Morgan fingerprint density at radius 3 is 3.07 bits per heavy atom. The third-order valence-corrected chi connectivity index (χ3v) is 7.05. The number of halogens is 1. The zero-order valence-electron chi connectivity index (χ0n) is 16.4. The third kappa shape index (κ3) is 2.81. The molecule has 28 heavy (non-hydrogen) atoms. The Balaban J connectivity index is 1.26. The largest absolute Gasteiger partial charge is 0.377 e. The molecule has 3 unspecified atom stereocenters. The molecule has 0 bridgehead atoms. The van der Waals surface area contributed by atoms with E-state index in [2.05, 4.69) is 22.5 Å². The summed E-state index contributed by atoms with van der Waals surface area (Å²) in [5, 5.41) is 8.23. The van der Waals surface area contributed by atoms with Gasteiger partial charge in [-0.05, 0) is 56.4 Å². The van der Waals surface area contributed by atoms with E-state index < -0.39 is 0 Å². The summed E-state index contributed by atoms with van der Waals surface area (Å²) in [5.74, 6) is 1.33. The zero-order valence-corrected chi connectivity index (χ0v) is 16.4. The van der Waals surface area contributed by atoms with E-state index in [4.69, 9.17) is 9.73 Å². The van der Waals surface area contributed by atoms with Crippen molar-refractivity contribution in [3.8, 4) is 0 Å². The summed E-state index contributed by atoms with van der Waals surface area (Å²) in [6.07, 6.45) is 8.29. The second kappa shape index (κ2) is 7.07. The zero-order chi connectivity index (χ0) is 19.1. The highest BCUT2D eigenvalue weighted by molar-refractivity contribution is 5.83.